The van der Waals surface area contributed by atoms with E-state index in [1.165, 1.54) is 0 Å². The average Bonchev–Trinajstić information content (AvgIpc) is 2.78. The number of carbonyl (C=O) groups excluding carboxylic acids is 2. The van der Waals surface area contributed by atoms with Crippen molar-refractivity contribution >= 4 is 40.7 Å². The number of rotatable bonds is 5. The van der Waals surface area contributed by atoms with Crippen molar-refractivity contribution in [1.29, 1.82) is 0 Å². The zero-order chi connectivity index (χ0) is 23.7. The Morgan fingerprint density at radius 3 is 2.48 bits per heavy atom. The van der Waals surface area contributed by atoms with Gasteiger partial charge in [0.15, 0.2) is 5.78 Å². The molecule has 0 fully saturated rings. The first-order chi connectivity index (χ1) is 15.8. The third-order valence-corrected chi connectivity index (χ3v) is 7.07. The summed E-state index contributed by atoms with van der Waals surface area (Å²) in [6, 6.07) is 15.0. The van der Waals surface area contributed by atoms with Crippen LogP contribution in [0.1, 0.15) is 63.0 Å². The molecule has 6 heteroatoms. The van der Waals surface area contributed by atoms with E-state index in [9.17, 15) is 9.59 Å². The van der Waals surface area contributed by atoms with Crippen LogP contribution >= 0.6 is 23.2 Å². The first kappa shape index (κ1) is 23.7. The summed E-state index contributed by atoms with van der Waals surface area (Å²) in [6.07, 6.45) is 1.49. The highest BCUT2D eigenvalue weighted by molar-refractivity contribution is 6.31. The zero-order valence-corrected chi connectivity index (χ0v) is 20.5. The van der Waals surface area contributed by atoms with Gasteiger partial charge in [0.1, 0.15) is 5.92 Å². The Kier molecular flexibility index (Phi) is 7.06. The molecule has 2 aliphatic rings. The normalized spacial score (nSPS) is 23.6. The lowest BCUT2D eigenvalue weighted by Crippen LogP contribution is -2.39. The van der Waals surface area contributed by atoms with E-state index in [2.05, 4.69) is 0 Å². The molecule has 33 heavy (non-hydrogen) atoms. The maximum atomic E-state index is 13.6. The van der Waals surface area contributed by atoms with Crippen molar-refractivity contribution in [1.82, 2.24) is 0 Å². The predicted molar refractivity (Wildman–Crippen MR) is 132 cm³/mol. The third kappa shape index (κ3) is 4.92. The Bertz CT molecular complexity index is 1140. The van der Waals surface area contributed by atoms with Crippen molar-refractivity contribution in [2.24, 2.45) is 10.9 Å². The fourth-order valence-corrected chi connectivity index (χ4v) is 5.08. The third-order valence-electron chi connectivity index (χ3n) is 6.58. The molecule has 1 unspecified atom stereocenters. The summed E-state index contributed by atoms with van der Waals surface area (Å²) in [6.45, 7) is 5.69. The number of halogens is 2. The number of Topliss-reactive ketones (excluding diaryl/α,β-unsaturated/α-hetero) is 1. The molecule has 0 saturated carbocycles. The summed E-state index contributed by atoms with van der Waals surface area (Å²) in [4.78, 5) is 31.6. The second kappa shape index (κ2) is 9.82. The molecule has 2 aromatic rings. The quantitative estimate of drug-likeness (QED) is 0.434. The highest BCUT2D eigenvalue weighted by atomic mass is 35.5. The fraction of sp³-hybridized carbons (Fsp3) is 0.370. The van der Waals surface area contributed by atoms with Crippen LogP contribution in [0.2, 0.25) is 10.0 Å². The van der Waals surface area contributed by atoms with E-state index in [1.807, 2.05) is 63.2 Å². The molecule has 0 spiro atoms. The zero-order valence-electron chi connectivity index (χ0n) is 19.0. The molecule has 0 amide bonds. The number of hydrogen-bond acceptors (Lipinski definition) is 4. The highest BCUT2D eigenvalue weighted by Gasteiger charge is 2.45. The number of benzene rings is 2. The lowest BCUT2D eigenvalue weighted by molar-refractivity contribution is -0.151. The summed E-state index contributed by atoms with van der Waals surface area (Å²) in [5, 5.41) is 1.22. The molecular formula is C27H27Cl2NO3. The van der Waals surface area contributed by atoms with Crippen LogP contribution in [0.15, 0.2) is 64.8 Å². The number of ether oxygens (including phenoxy) is 1. The molecule has 0 bridgehead atoms. The van der Waals surface area contributed by atoms with Crippen molar-refractivity contribution < 1.29 is 14.3 Å². The van der Waals surface area contributed by atoms with E-state index in [1.54, 1.807) is 6.07 Å². The maximum Gasteiger partial charge on any atom is 0.315 e. The fourth-order valence-electron chi connectivity index (χ4n) is 4.75. The van der Waals surface area contributed by atoms with Crippen LogP contribution in [0.3, 0.4) is 0 Å². The van der Waals surface area contributed by atoms with Gasteiger partial charge < -0.3 is 4.74 Å². The molecule has 172 valence electrons. The molecular weight excluding hydrogens is 457 g/mol. The molecule has 0 radical (unpaired) electrons. The van der Waals surface area contributed by atoms with Gasteiger partial charge in [0.2, 0.25) is 0 Å². The van der Waals surface area contributed by atoms with Crippen LogP contribution in [-0.4, -0.2) is 23.6 Å². The SMILES string of the molecule is CC[C@H](C)OC(=O)C1C(C)=NC2=C(C(=O)C[C@H](c3ccc(Cl)cc3)C2)[C@H]1c1cccc(Cl)c1. The van der Waals surface area contributed by atoms with Gasteiger partial charge in [-0.15, -0.1) is 0 Å². The van der Waals surface area contributed by atoms with Crippen molar-refractivity contribution in [3.63, 3.8) is 0 Å². The summed E-state index contributed by atoms with van der Waals surface area (Å²) < 4.78 is 5.71. The van der Waals surface area contributed by atoms with Crippen LogP contribution < -0.4 is 0 Å². The Hall–Kier alpha value is -2.43. The van der Waals surface area contributed by atoms with Crippen molar-refractivity contribution in [2.45, 2.75) is 58.0 Å². The van der Waals surface area contributed by atoms with Gasteiger partial charge >= 0.3 is 5.97 Å². The summed E-state index contributed by atoms with van der Waals surface area (Å²) in [5.41, 5.74) is 3.91. The maximum absolute atomic E-state index is 13.6. The van der Waals surface area contributed by atoms with Gasteiger partial charge in [-0.05, 0) is 68.0 Å². The van der Waals surface area contributed by atoms with Crippen molar-refractivity contribution in [3.8, 4) is 0 Å². The van der Waals surface area contributed by atoms with E-state index in [4.69, 9.17) is 32.9 Å². The van der Waals surface area contributed by atoms with E-state index >= 15 is 0 Å². The Morgan fingerprint density at radius 1 is 1.09 bits per heavy atom. The second-order valence-electron chi connectivity index (χ2n) is 8.86. The first-order valence-electron chi connectivity index (χ1n) is 11.3. The number of ketones is 1. The molecule has 0 aromatic heterocycles. The van der Waals surface area contributed by atoms with Crippen LogP contribution in [0, 0.1) is 5.92 Å². The first-order valence-corrected chi connectivity index (χ1v) is 12.1. The van der Waals surface area contributed by atoms with Gasteiger partial charge in [0.05, 0.1) is 6.10 Å². The standard InChI is InChI=1S/C27H27Cl2NO3/c1-4-15(2)33-27(32)24-16(3)30-22-13-19(17-8-10-20(28)11-9-17)14-23(31)26(22)25(24)18-6-5-7-21(29)12-18/h5-12,15,19,24-25H,4,13-14H2,1-3H3/t15-,19+,24?,25-/m0/s1. The van der Waals surface area contributed by atoms with Gasteiger partial charge in [-0.1, -0.05) is 54.4 Å². The van der Waals surface area contributed by atoms with Gasteiger partial charge in [0, 0.05) is 39.4 Å². The molecule has 4 atom stereocenters. The summed E-state index contributed by atoms with van der Waals surface area (Å²) in [5.74, 6) is -1.44. The largest absolute Gasteiger partial charge is 0.462 e. The van der Waals surface area contributed by atoms with Gasteiger partial charge in [0.25, 0.3) is 0 Å². The lowest BCUT2D eigenvalue weighted by atomic mass is 9.69. The molecule has 2 aromatic carbocycles. The van der Waals surface area contributed by atoms with E-state index in [0.717, 1.165) is 16.8 Å². The minimum absolute atomic E-state index is 0.0127. The topological polar surface area (TPSA) is 55.7 Å². The molecule has 0 saturated heterocycles. The number of esters is 1. The highest BCUT2D eigenvalue weighted by Crippen LogP contribution is 2.47. The molecule has 4 nitrogen and oxygen atoms in total. The number of nitrogens with zero attached hydrogens (tertiary/aromatic N) is 1. The minimum Gasteiger partial charge on any atom is -0.462 e. The Labute approximate surface area is 204 Å². The van der Waals surface area contributed by atoms with Gasteiger partial charge in [-0.2, -0.15) is 0 Å². The monoisotopic (exact) mass is 483 g/mol. The average molecular weight is 484 g/mol. The van der Waals surface area contributed by atoms with Crippen molar-refractivity contribution in [3.05, 3.63) is 81.0 Å². The molecule has 1 aliphatic heterocycles. The predicted octanol–water partition coefficient (Wildman–Crippen LogP) is 6.91. The van der Waals surface area contributed by atoms with Crippen molar-refractivity contribution in [2.75, 3.05) is 0 Å². The van der Waals surface area contributed by atoms with E-state index in [0.29, 0.717) is 40.6 Å². The minimum atomic E-state index is -0.660. The van der Waals surface area contributed by atoms with E-state index in [-0.39, 0.29) is 23.8 Å². The van der Waals surface area contributed by atoms with Crippen LogP contribution in [-0.2, 0) is 14.3 Å². The Balaban J connectivity index is 1.78. The Morgan fingerprint density at radius 2 is 1.82 bits per heavy atom. The van der Waals surface area contributed by atoms with Crippen LogP contribution in [0.25, 0.3) is 0 Å². The number of hydrogen-bond donors (Lipinski definition) is 0. The summed E-state index contributed by atoms with van der Waals surface area (Å²) in [7, 11) is 0. The molecule has 1 heterocycles. The van der Waals surface area contributed by atoms with Crippen LogP contribution in [0.5, 0.6) is 0 Å². The lowest BCUT2D eigenvalue weighted by Gasteiger charge is -2.37. The second-order valence-corrected chi connectivity index (χ2v) is 9.73. The number of allylic oxidation sites excluding steroid dienone is 2. The molecule has 1 aliphatic carbocycles. The molecule has 0 N–H and O–H groups in total. The molecule has 4 rings (SSSR count). The van der Waals surface area contributed by atoms with Gasteiger partial charge in [-0.3, -0.25) is 14.6 Å². The summed E-state index contributed by atoms with van der Waals surface area (Å²) >= 11 is 12.4. The smallest absolute Gasteiger partial charge is 0.315 e. The number of carbonyl (C=O) groups is 2. The number of aliphatic imine (C=N–C) groups is 1. The van der Waals surface area contributed by atoms with Gasteiger partial charge in [-0.25, -0.2) is 0 Å². The van der Waals surface area contributed by atoms with E-state index < -0.39 is 11.8 Å². The van der Waals surface area contributed by atoms with Crippen LogP contribution in [0.4, 0.5) is 0 Å².